The van der Waals surface area contributed by atoms with Crippen molar-refractivity contribution < 1.29 is 0 Å². The van der Waals surface area contributed by atoms with Crippen LogP contribution in [0.4, 0.5) is 0 Å². The minimum absolute atomic E-state index is 0.944. The van der Waals surface area contributed by atoms with Crippen LogP contribution >= 0.6 is 11.3 Å². The van der Waals surface area contributed by atoms with E-state index in [-0.39, 0.29) is 0 Å². The summed E-state index contributed by atoms with van der Waals surface area (Å²) in [7, 11) is 0. The lowest BCUT2D eigenvalue weighted by atomic mass is 9.94. The highest BCUT2D eigenvalue weighted by Crippen LogP contribution is 2.50. The molecule has 0 aliphatic heterocycles. The molecule has 0 saturated carbocycles. The third-order valence-corrected chi connectivity index (χ3v) is 9.20. The number of rotatable bonds is 1. The first-order valence-corrected chi connectivity index (χ1v) is 13.7. The highest BCUT2D eigenvalue weighted by molar-refractivity contribution is 7.27. The van der Waals surface area contributed by atoms with E-state index in [1.54, 1.807) is 0 Å². The highest BCUT2D eigenvalue weighted by Gasteiger charge is 2.25. The number of thiophene rings is 1. The van der Waals surface area contributed by atoms with Crippen molar-refractivity contribution in [2.75, 3.05) is 0 Å². The molecule has 6 aromatic carbocycles. The minimum atomic E-state index is 0.944. The van der Waals surface area contributed by atoms with Crippen LogP contribution in [0.5, 0.6) is 0 Å². The quantitative estimate of drug-likeness (QED) is 0.205. The van der Waals surface area contributed by atoms with Crippen molar-refractivity contribution in [1.82, 2.24) is 9.55 Å². The lowest BCUT2D eigenvalue weighted by molar-refractivity contribution is 1.09. The lowest BCUT2D eigenvalue weighted by Gasteiger charge is -2.11. The first-order valence-electron chi connectivity index (χ1n) is 12.9. The van der Waals surface area contributed by atoms with Crippen LogP contribution in [0.1, 0.15) is 0 Å². The Bertz CT molecular complexity index is 2390. The molecule has 0 aliphatic rings. The van der Waals surface area contributed by atoms with Gasteiger partial charge in [0.15, 0.2) is 0 Å². The molecule has 0 bridgehead atoms. The Morgan fingerprint density at radius 1 is 0.447 bits per heavy atom. The Hall–Kier alpha value is -4.73. The van der Waals surface area contributed by atoms with Crippen molar-refractivity contribution in [1.29, 1.82) is 0 Å². The molecule has 176 valence electrons. The normalized spacial score (nSPS) is 12.2. The average molecular weight is 501 g/mol. The van der Waals surface area contributed by atoms with Crippen LogP contribution in [0.3, 0.4) is 0 Å². The molecule has 0 unspecified atom stereocenters. The molecular weight excluding hydrogens is 480 g/mol. The summed E-state index contributed by atoms with van der Waals surface area (Å²) in [4.78, 5) is 4.93. The van der Waals surface area contributed by atoms with Crippen molar-refractivity contribution in [2.45, 2.75) is 0 Å². The largest absolute Gasteiger partial charge is 0.292 e. The molecule has 0 radical (unpaired) electrons. The molecular formula is C35H20N2S. The summed E-state index contributed by atoms with van der Waals surface area (Å²) >= 11 is 1.89. The fraction of sp³-hybridized carbons (Fsp3) is 0. The number of hydrogen-bond acceptors (Lipinski definition) is 2. The van der Waals surface area contributed by atoms with Crippen molar-refractivity contribution in [2.24, 2.45) is 0 Å². The molecule has 0 aliphatic carbocycles. The van der Waals surface area contributed by atoms with Crippen molar-refractivity contribution in [3.05, 3.63) is 121 Å². The summed E-state index contributed by atoms with van der Waals surface area (Å²) in [5, 5.41) is 12.9. The average Bonchev–Trinajstić information content (AvgIpc) is 3.55. The van der Waals surface area contributed by atoms with Crippen molar-refractivity contribution in [3.8, 4) is 5.82 Å². The molecule has 0 saturated heterocycles. The zero-order valence-electron chi connectivity index (χ0n) is 20.3. The van der Waals surface area contributed by atoms with Gasteiger partial charge in [-0.15, -0.1) is 11.3 Å². The van der Waals surface area contributed by atoms with Gasteiger partial charge in [0, 0.05) is 47.9 Å². The smallest absolute Gasteiger partial charge is 0.137 e. The van der Waals surface area contributed by atoms with Crippen LogP contribution < -0.4 is 0 Å². The van der Waals surface area contributed by atoms with Crippen molar-refractivity contribution in [3.63, 3.8) is 0 Å². The second-order valence-corrected chi connectivity index (χ2v) is 11.0. The first-order chi connectivity index (χ1) is 18.9. The number of fused-ring (bicyclic) bond motifs is 15. The van der Waals surface area contributed by atoms with Gasteiger partial charge in [-0.2, -0.15) is 0 Å². The first kappa shape index (κ1) is 20.3. The van der Waals surface area contributed by atoms with Crippen LogP contribution in [-0.2, 0) is 0 Å². The molecule has 9 rings (SSSR count). The van der Waals surface area contributed by atoms with Gasteiger partial charge in [-0.25, -0.2) is 4.98 Å². The van der Waals surface area contributed by atoms with Gasteiger partial charge in [0.1, 0.15) is 5.82 Å². The molecule has 38 heavy (non-hydrogen) atoms. The fourth-order valence-corrected chi connectivity index (χ4v) is 7.78. The van der Waals surface area contributed by atoms with Gasteiger partial charge in [0.25, 0.3) is 0 Å². The van der Waals surface area contributed by atoms with E-state index in [0.29, 0.717) is 0 Å². The zero-order valence-corrected chi connectivity index (χ0v) is 21.2. The number of pyridine rings is 1. The van der Waals surface area contributed by atoms with Gasteiger partial charge in [0.2, 0.25) is 0 Å². The van der Waals surface area contributed by atoms with Crippen LogP contribution in [0, 0.1) is 0 Å². The van der Waals surface area contributed by atoms with Gasteiger partial charge >= 0.3 is 0 Å². The van der Waals surface area contributed by atoms with Gasteiger partial charge in [-0.1, -0.05) is 97.1 Å². The second-order valence-electron chi connectivity index (χ2n) is 9.91. The Kier molecular flexibility index (Phi) is 3.96. The Morgan fingerprint density at radius 3 is 1.74 bits per heavy atom. The third-order valence-electron chi connectivity index (χ3n) is 7.99. The Balaban J connectivity index is 1.76. The van der Waals surface area contributed by atoms with E-state index in [4.69, 9.17) is 4.98 Å². The van der Waals surface area contributed by atoms with Crippen molar-refractivity contribution >= 4 is 85.6 Å². The summed E-state index contributed by atoms with van der Waals surface area (Å²) in [6.45, 7) is 0. The number of aromatic nitrogens is 2. The van der Waals surface area contributed by atoms with E-state index in [1.807, 2.05) is 23.6 Å². The maximum atomic E-state index is 4.93. The maximum Gasteiger partial charge on any atom is 0.137 e. The predicted molar refractivity (Wildman–Crippen MR) is 164 cm³/mol. The molecule has 9 aromatic rings. The van der Waals surface area contributed by atoms with Gasteiger partial charge in [0.05, 0.1) is 11.0 Å². The van der Waals surface area contributed by atoms with Crippen LogP contribution in [0.25, 0.3) is 80.1 Å². The maximum absolute atomic E-state index is 4.93. The van der Waals surface area contributed by atoms with Crippen LogP contribution in [0.2, 0.25) is 0 Å². The summed E-state index contributed by atoms with van der Waals surface area (Å²) in [6, 6.07) is 41.7. The van der Waals surface area contributed by atoms with Gasteiger partial charge in [-0.3, -0.25) is 4.57 Å². The lowest BCUT2D eigenvalue weighted by Crippen LogP contribution is -1.97. The van der Waals surface area contributed by atoms with Gasteiger partial charge < -0.3 is 0 Å². The molecule has 0 fully saturated rings. The summed E-state index contributed by atoms with van der Waals surface area (Å²) in [5.41, 5.74) is 2.47. The summed E-state index contributed by atoms with van der Waals surface area (Å²) in [5.74, 6) is 0.944. The standard InChI is InChI=1S/C35H20N2S/c1-3-13-23-21(11-1)22-12-2-5-15-25(22)33-30(23)31-24-14-4-6-16-26(24)35-32(27-17-7-8-18-28(27)38-35)34(31)37(33)29-19-9-10-20-36-29/h1-20H. The molecule has 3 heteroatoms. The highest BCUT2D eigenvalue weighted by atomic mass is 32.1. The zero-order chi connectivity index (χ0) is 24.8. The molecule has 0 amide bonds. The summed E-state index contributed by atoms with van der Waals surface area (Å²) in [6.07, 6.45) is 1.90. The fourth-order valence-electron chi connectivity index (χ4n) is 6.53. The van der Waals surface area contributed by atoms with E-state index in [0.717, 1.165) is 5.82 Å². The number of nitrogens with zero attached hydrogens (tertiary/aromatic N) is 2. The monoisotopic (exact) mass is 500 g/mol. The minimum Gasteiger partial charge on any atom is -0.292 e. The SMILES string of the molecule is c1ccc(-n2c3c4ccccc4c4ccccc4c3c3c4ccccc4c4sc5ccccc5c4c32)nc1. The molecule has 0 N–H and O–H groups in total. The summed E-state index contributed by atoms with van der Waals surface area (Å²) < 4.78 is 5.09. The van der Waals surface area contributed by atoms with Gasteiger partial charge in [-0.05, 0) is 39.7 Å². The molecule has 2 nitrogen and oxygen atoms in total. The third kappa shape index (κ3) is 2.49. The molecule has 3 aromatic heterocycles. The topological polar surface area (TPSA) is 17.8 Å². The Morgan fingerprint density at radius 2 is 1.00 bits per heavy atom. The molecule has 0 spiro atoms. The molecule has 0 atom stereocenters. The predicted octanol–water partition coefficient (Wildman–Crippen LogP) is 10.0. The second kappa shape index (κ2) is 7.41. The molecule has 3 heterocycles. The van der Waals surface area contributed by atoms with Crippen LogP contribution in [-0.4, -0.2) is 9.55 Å². The van der Waals surface area contributed by atoms with E-state index >= 15 is 0 Å². The number of hydrogen-bond donors (Lipinski definition) is 0. The number of benzene rings is 6. The Labute approximate surface area is 222 Å². The van der Waals surface area contributed by atoms with Crippen LogP contribution in [0.15, 0.2) is 121 Å². The van der Waals surface area contributed by atoms with E-state index in [2.05, 4.69) is 114 Å². The van der Waals surface area contributed by atoms with E-state index < -0.39 is 0 Å². The van der Waals surface area contributed by atoms with E-state index in [9.17, 15) is 0 Å². The van der Waals surface area contributed by atoms with E-state index in [1.165, 1.54) is 74.3 Å².